The van der Waals surface area contributed by atoms with Gasteiger partial charge in [-0.1, -0.05) is 6.08 Å². The number of nitrogens with one attached hydrogen (secondary N) is 1. The zero-order valence-corrected chi connectivity index (χ0v) is 11.5. The summed E-state index contributed by atoms with van der Waals surface area (Å²) in [4.78, 5) is 14.1. The number of ether oxygens (including phenoxy) is 1. The number of tetrazole rings is 1. The lowest BCUT2D eigenvalue weighted by atomic mass is 9.98. The summed E-state index contributed by atoms with van der Waals surface area (Å²) in [6.07, 6.45) is 2.94. The minimum absolute atomic E-state index is 0.204. The Morgan fingerprint density at radius 1 is 1.58 bits per heavy atom. The molecular weight excluding hydrogens is 246 g/mol. The van der Waals surface area contributed by atoms with E-state index in [2.05, 4.69) is 31.6 Å². The van der Waals surface area contributed by atoms with E-state index < -0.39 is 5.54 Å². The van der Waals surface area contributed by atoms with E-state index in [-0.39, 0.29) is 5.97 Å². The number of H-pyrrole nitrogens is 1. The highest BCUT2D eigenvalue weighted by atomic mass is 16.5. The fourth-order valence-corrected chi connectivity index (χ4v) is 2.12. The molecule has 2 rings (SSSR count). The number of carbonyl (C=O) groups is 1. The van der Waals surface area contributed by atoms with Gasteiger partial charge in [0.15, 0.2) is 0 Å². The summed E-state index contributed by atoms with van der Waals surface area (Å²) in [5.74, 6) is 0.383. The number of hydrogen-bond acceptors (Lipinski definition) is 6. The van der Waals surface area contributed by atoms with Crippen LogP contribution in [0.2, 0.25) is 0 Å². The average molecular weight is 265 g/mol. The molecule has 0 atom stereocenters. The third-order valence-electron chi connectivity index (χ3n) is 3.35. The highest BCUT2D eigenvalue weighted by molar-refractivity contribution is 5.80. The molecule has 7 nitrogen and oxygen atoms in total. The minimum Gasteiger partial charge on any atom is -0.465 e. The largest absolute Gasteiger partial charge is 0.465 e. The summed E-state index contributed by atoms with van der Waals surface area (Å²) < 4.78 is 5.14. The van der Waals surface area contributed by atoms with E-state index in [0.717, 1.165) is 18.5 Å². The van der Waals surface area contributed by atoms with E-state index in [4.69, 9.17) is 4.74 Å². The molecule has 1 aromatic heterocycles. The van der Waals surface area contributed by atoms with E-state index in [1.54, 1.807) is 0 Å². The van der Waals surface area contributed by atoms with Crippen molar-refractivity contribution in [2.45, 2.75) is 32.7 Å². The summed E-state index contributed by atoms with van der Waals surface area (Å²) in [5.41, 5.74) is 0.330. The van der Waals surface area contributed by atoms with Gasteiger partial charge in [-0.15, -0.1) is 10.2 Å². The molecule has 0 saturated heterocycles. The number of nitrogens with zero attached hydrogens (tertiary/aromatic N) is 4. The molecule has 2 heterocycles. The Labute approximate surface area is 112 Å². The number of aromatic amines is 1. The van der Waals surface area contributed by atoms with Gasteiger partial charge < -0.3 is 4.74 Å². The highest BCUT2D eigenvalue weighted by Crippen LogP contribution is 2.25. The van der Waals surface area contributed by atoms with Crippen molar-refractivity contribution in [1.82, 2.24) is 25.5 Å². The molecule has 1 N–H and O–H groups in total. The highest BCUT2D eigenvalue weighted by Gasteiger charge is 2.37. The van der Waals surface area contributed by atoms with Crippen LogP contribution in [0, 0.1) is 0 Å². The molecular formula is C12H19N5O2. The second-order valence-corrected chi connectivity index (χ2v) is 4.95. The van der Waals surface area contributed by atoms with Gasteiger partial charge in [-0.25, -0.2) is 0 Å². The molecule has 0 saturated carbocycles. The Balaban J connectivity index is 2.11. The van der Waals surface area contributed by atoms with Crippen molar-refractivity contribution in [3.8, 4) is 0 Å². The van der Waals surface area contributed by atoms with Crippen molar-refractivity contribution in [3.63, 3.8) is 0 Å². The van der Waals surface area contributed by atoms with Gasteiger partial charge in [-0.3, -0.25) is 9.69 Å². The SMILES string of the molecule is CCOC(=O)C(C)(C)N1CCC=C(c2nn[nH]n2)C1. The molecule has 19 heavy (non-hydrogen) atoms. The fourth-order valence-electron chi connectivity index (χ4n) is 2.12. The van der Waals surface area contributed by atoms with Gasteiger partial charge in [0.25, 0.3) is 0 Å². The zero-order valence-electron chi connectivity index (χ0n) is 11.5. The van der Waals surface area contributed by atoms with Gasteiger partial charge in [0.05, 0.1) is 6.61 Å². The normalized spacial score (nSPS) is 17.1. The van der Waals surface area contributed by atoms with Crippen LogP contribution in [0.15, 0.2) is 6.08 Å². The first-order chi connectivity index (χ1) is 9.05. The van der Waals surface area contributed by atoms with E-state index in [1.165, 1.54) is 0 Å². The Morgan fingerprint density at radius 3 is 3.00 bits per heavy atom. The maximum Gasteiger partial charge on any atom is 0.325 e. The topological polar surface area (TPSA) is 84.0 Å². The van der Waals surface area contributed by atoms with Gasteiger partial charge in [-0.2, -0.15) is 5.21 Å². The molecule has 0 aromatic carbocycles. The predicted molar refractivity (Wildman–Crippen MR) is 69.1 cm³/mol. The van der Waals surface area contributed by atoms with Gasteiger partial charge in [0, 0.05) is 18.7 Å². The van der Waals surface area contributed by atoms with Gasteiger partial charge in [-0.05, 0) is 32.4 Å². The maximum absolute atomic E-state index is 12.0. The quantitative estimate of drug-likeness (QED) is 0.804. The second kappa shape index (κ2) is 5.48. The molecule has 7 heteroatoms. The van der Waals surface area contributed by atoms with Crippen LogP contribution in [-0.4, -0.2) is 56.7 Å². The van der Waals surface area contributed by atoms with E-state index in [9.17, 15) is 4.79 Å². The molecule has 0 fully saturated rings. The van der Waals surface area contributed by atoms with Crippen molar-refractivity contribution in [1.29, 1.82) is 0 Å². The number of aromatic nitrogens is 4. The monoisotopic (exact) mass is 265 g/mol. The fraction of sp³-hybridized carbons (Fsp3) is 0.667. The molecule has 1 aliphatic rings. The summed E-state index contributed by atoms with van der Waals surface area (Å²) in [6, 6.07) is 0. The van der Waals surface area contributed by atoms with E-state index in [0.29, 0.717) is 19.0 Å². The number of carbonyl (C=O) groups excluding carboxylic acids is 1. The molecule has 1 aromatic rings. The van der Waals surface area contributed by atoms with Gasteiger partial charge in [0.1, 0.15) is 5.54 Å². The minimum atomic E-state index is -0.654. The van der Waals surface area contributed by atoms with E-state index >= 15 is 0 Å². The Hall–Kier alpha value is -1.76. The molecule has 1 aliphatic heterocycles. The van der Waals surface area contributed by atoms with Crippen LogP contribution in [0.5, 0.6) is 0 Å². The van der Waals surface area contributed by atoms with Gasteiger partial charge >= 0.3 is 5.97 Å². The van der Waals surface area contributed by atoms with Crippen LogP contribution in [0.4, 0.5) is 0 Å². The first kappa shape index (κ1) is 13.7. The second-order valence-electron chi connectivity index (χ2n) is 4.95. The van der Waals surface area contributed by atoms with Crippen molar-refractivity contribution in [2.75, 3.05) is 19.7 Å². The van der Waals surface area contributed by atoms with Crippen molar-refractivity contribution in [2.24, 2.45) is 0 Å². The van der Waals surface area contributed by atoms with Crippen molar-refractivity contribution < 1.29 is 9.53 Å². The van der Waals surface area contributed by atoms with Crippen molar-refractivity contribution >= 4 is 11.5 Å². The summed E-state index contributed by atoms with van der Waals surface area (Å²) >= 11 is 0. The lowest BCUT2D eigenvalue weighted by Gasteiger charge is -2.38. The van der Waals surface area contributed by atoms with Crippen LogP contribution in [0.1, 0.15) is 33.0 Å². The summed E-state index contributed by atoms with van der Waals surface area (Å²) in [6.45, 7) is 7.39. The van der Waals surface area contributed by atoms with E-state index in [1.807, 2.05) is 20.8 Å². The molecule has 104 valence electrons. The standard InChI is InChI=1S/C12H19N5O2/c1-4-19-11(18)12(2,3)17-7-5-6-9(8-17)10-13-15-16-14-10/h6H,4-5,7-8H2,1-3H3,(H,13,14,15,16). The van der Waals surface area contributed by atoms with Crippen LogP contribution >= 0.6 is 0 Å². The smallest absolute Gasteiger partial charge is 0.325 e. The Morgan fingerprint density at radius 2 is 2.37 bits per heavy atom. The van der Waals surface area contributed by atoms with Crippen LogP contribution < -0.4 is 0 Å². The zero-order chi connectivity index (χ0) is 13.9. The lowest BCUT2D eigenvalue weighted by Crippen LogP contribution is -2.52. The van der Waals surface area contributed by atoms with Crippen LogP contribution in [0.25, 0.3) is 5.57 Å². The van der Waals surface area contributed by atoms with Gasteiger partial charge in [0.2, 0.25) is 5.82 Å². The molecule has 0 radical (unpaired) electrons. The third-order valence-corrected chi connectivity index (χ3v) is 3.35. The first-order valence-electron chi connectivity index (χ1n) is 6.40. The molecule has 0 unspecified atom stereocenters. The maximum atomic E-state index is 12.0. The molecule has 0 aliphatic carbocycles. The predicted octanol–water partition coefficient (Wildman–Crippen LogP) is 0.630. The summed E-state index contributed by atoms with van der Waals surface area (Å²) in [5, 5.41) is 14.0. The Bertz CT molecular complexity index is 466. The van der Waals surface area contributed by atoms with Crippen LogP contribution in [-0.2, 0) is 9.53 Å². The number of esters is 1. The number of rotatable bonds is 4. The number of hydrogen-bond donors (Lipinski definition) is 1. The summed E-state index contributed by atoms with van der Waals surface area (Å²) in [7, 11) is 0. The first-order valence-corrected chi connectivity index (χ1v) is 6.40. The van der Waals surface area contributed by atoms with Crippen LogP contribution in [0.3, 0.4) is 0 Å². The Kier molecular flexibility index (Phi) is 3.94. The molecule has 0 spiro atoms. The molecule has 0 amide bonds. The molecule has 0 bridgehead atoms. The lowest BCUT2D eigenvalue weighted by molar-refractivity contribution is -0.155. The third kappa shape index (κ3) is 2.81. The average Bonchev–Trinajstić information content (AvgIpc) is 2.93. The van der Waals surface area contributed by atoms with Crippen molar-refractivity contribution in [3.05, 3.63) is 11.9 Å².